The van der Waals surface area contributed by atoms with Crippen molar-refractivity contribution in [1.82, 2.24) is 20.1 Å². The van der Waals surface area contributed by atoms with Crippen molar-refractivity contribution in [3.8, 4) is 0 Å². The number of carbonyl (C=O) groups excluding carboxylic acids is 1. The van der Waals surface area contributed by atoms with E-state index in [0.717, 1.165) is 12.2 Å². The summed E-state index contributed by atoms with van der Waals surface area (Å²) in [5.74, 6) is 0.650. The van der Waals surface area contributed by atoms with Gasteiger partial charge in [0.1, 0.15) is 17.8 Å². The smallest absolute Gasteiger partial charge is 0.320 e. The summed E-state index contributed by atoms with van der Waals surface area (Å²) in [7, 11) is 1.89. The Kier molecular flexibility index (Phi) is 4.62. The molecule has 0 aromatic carbocycles. The first-order valence-corrected chi connectivity index (χ1v) is 5.64. The highest BCUT2D eigenvalue weighted by atomic mass is 16.6. The molecule has 0 bridgehead atoms. The Hall–Kier alpha value is -1.43. The van der Waals surface area contributed by atoms with Crippen LogP contribution in [0.3, 0.4) is 0 Å². The van der Waals surface area contributed by atoms with Crippen LogP contribution in [0, 0.1) is 0 Å². The molecule has 0 aliphatic rings. The molecular formula is C11H20N4O2. The first-order chi connectivity index (χ1) is 7.88. The molecule has 1 heterocycles. The maximum atomic E-state index is 11.4. The van der Waals surface area contributed by atoms with Crippen LogP contribution in [0.2, 0.25) is 0 Å². The van der Waals surface area contributed by atoms with Crippen LogP contribution in [0.4, 0.5) is 0 Å². The summed E-state index contributed by atoms with van der Waals surface area (Å²) in [4.78, 5) is 11.4. The van der Waals surface area contributed by atoms with Crippen molar-refractivity contribution in [3.63, 3.8) is 0 Å². The van der Waals surface area contributed by atoms with Gasteiger partial charge in [-0.3, -0.25) is 4.79 Å². The number of carbonyl (C=O) groups is 1. The molecule has 0 saturated heterocycles. The number of rotatable bonds is 5. The molecule has 1 rings (SSSR count). The first kappa shape index (κ1) is 13.6. The fourth-order valence-corrected chi connectivity index (χ4v) is 1.30. The van der Waals surface area contributed by atoms with Crippen LogP contribution in [-0.4, -0.2) is 39.4 Å². The number of hydrogen-bond acceptors (Lipinski definition) is 5. The lowest BCUT2D eigenvalue weighted by Gasteiger charge is -2.19. The van der Waals surface area contributed by atoms with Crippen molar-refractivity contribution in [2.24, 2.45) is 7.05 Å². The van der Waals surface area contributed by atoms with E-state index in [0.29, 0.717) is 6.54 Å². The quantitative estimate of drug-likeness (QED) is 0.591. The van der Waals surface area contributed by atoms with E-state index in [1.165, 1.54) is 0 Å². The van der Waals surface area contributed by atoms with Gasteiger partial charge in [0, 0.05) is 20.0 Å². The monoisotopic (exact) mass is 240 g/mol. The van der Waals surface area contributed by atoms with Gasteiger partial charge < -0.3 is 14.6 Å². The van der Waals surface area contributed by atoms with Gasteiger partial charge >= 0.3 is 5.97 Å². The number of hydrogen-bond donors (Lipinski definition) is 1. The van der Waals surface area contributed by atoms with Crippen molar-refractivity contribution in [2.75, 3.05) is 13.1 Å². The van der Waals surface area contributed by atoms with Crippen LogP contribution in [0.5, 0.6) is 0 Å². The summed E-state index contributed by atoms with van der Waals surface area (Å²) in [6, 6.07) is 0. The second kappa shape index (κ2) is 5.77. The van der Waals surface area contributed by atoms with Crippen molar-refractivity contribution < 1.29 is 9.53 Å². The third kappa shape index (κ3) is 5.44. The predicted molar refractivity (Wildman–Crippen MR) is 63.4 cm³/mol. The summed E-state index contributed by atoms with van der Waals surface area (Å²) in [6.45, 7) is 6.44. The standard InChI is InChI=1S/C11H20N4O2/c1-11(2,3)17-10(16)7-12-6-5-9-14-13-8-15(9)4/h8,12H,5-7H2,1-4H3. The van der Waals surface area contributed by atoms with Gasteiger partial charge in [-0.25, -0.2) is 0 Å². The molecule has 0 unspecified atom stereocenters. The fourth-order valence-electron chi connectivity index (χ4n) is 1.30. The highest BCUT2D eigenvalue weighted by molar-refractivity contribution is 5.72. The molecule has 0 spiro atoms. The maximum absolute atomic E-state index is 11.4. The van der Waals surface area contributed by atoms with Crippen molar-refractivity contribution in [2.45, 2.75) is 32.8 Å². The molecule has 1 N–H and O–H groups in total. The highest BCUT2D eigenvalue weighted by Crippen LogP contribution is 2.06. The van der Waals surface area contributed by atoms with E-state index in [1.54, 1.807) is 6.33 Å². The highest BCUT2D eigenvalue weighted by Gasteiger charge is 2.15. The van der Waals surface area contributed by atoms with Crippen LogP contribution in [0.1, 0.15) is 26.6 Å². The van der Waals surface area contributed by atoms with Gasteiger partial charge in [-0.15, -0.1) is 10.2 Å². The van der Waals surface area contributed by atoms with Crippen LogP contribution in [0.15, 0.2) is 6.33 Å². The van der Waals surface area contributed by atoms with Crippen molar-refractivity contribution in [1.29, 1.82) is 0 Å². The van der Waals surface area contributed by atoms with E-state index in [2.05, 4.69) is 15.5 Å². The summed E-state index contributed by atoms with van der Waals surface area (Å²) < 4.78 is 7.02. The summed E-state index contributed by atoms with van der Waals surface area (Å²) in [5, 5.41) is 10.7. The third-order valence-corrected chi connectivity index (χ3v) is 2.02. The zero-order valence-corrected chi connectivity index (χ0v) is 10.9. The van der Waals surface area contributed by atoms with E-state index in [9.17, 15) is 4.79 Å². The van der Waals surface area contributed by atoms with Gasteiger partial charge in [-0.1, -0.05) is 0 Å². The minimum atomic E-state index is -0.428. The molecule has 0 amide bonds. The Labute approximate surface area is 101 Å². The van der Waals surface area contributed by atoms with Gasteiger partial charge in [0.15, 0.2) is 0 Å². The maximum Gasteiger partial charge on any atom is 0.320 e. The molecule has 1 aromatic heterocycles. The van der Waals surface area contributed by atoms with Gasteiger partial charge in [0.25, 0.3) is 0 Å². The van der Waals surface area contributed by atoms with Crippen LogP contribution >= 0.6 is 0 Å². The van der Waals surface area contributed by atoms with E-state index < -0.39 is 5.60 Å². The number of esters is 1. The van der Waals surface area contributed by atoms with Crippen LogP contribution in [0.25, 0.3) is 0 Å². The molecule has 6 heteroatoms. The van der Waals surface area contributed by atoms with Crippen LogP contribution in [-0.2, 0) is 23.0 Å². The van der Waals surface area contributed by atoms with Gasteiger partial charge in [-0.2, -0.15) is 0 Å². The molecule has 17 heavy (non-hydrogen) atoms. The second-order valence-electron chi connectivity index (χ2n) is 4.87. The Morgan fingerprint density at radius 1 is 1.53 bits per heavy atom. The van der Waals surface area contributed by atoms with Crippen LogP contribution < -0.4 is 5.32 Å². The minimum Gasteiger partial charge on any atom is -0.459 e. The molecule has 1 aromatic rings. The topological polar surface area (TPSA) is 69.0 Å². The predicted octanol–water partition coefficient (Wildman–Crippen LogP) is 0.289. The molecule has 0 saturated carbocycles. The Morgan fingerprint density at radius 3 is 2.76 bits per heavy atom. The number of nitrogens with one attached hydrogen (secondary N) is 1. The molecule has 0 aliphatic carbocycles. The average molecular weight is 240 g/mol. The van der Waals surface area contributed by atoms with Gasteiger partial charge in [0.05, 0.1) is 6.54 Å². The number of nitrogens with zero attached hydrogens (tertiary/aromatic N) is 3. The van der Waals surface area contributed by atoms with E-state index in [1.807, 2.05) is 32.4 Å². The molecule has 0 fully saturated rings. The van der Waals surface area contributed by atoms with Gasteiger partial charge in [0.2, 0.25) is 0 Å². The van der Waals surface area contributed by atoms with Crippen molar-refractivity contribution in [3.05, 3.63) is 12.2 Å². The second-order valence-corrected chi connectivity index (χ2v) is 4.87. The number of aromatic nitrogens is 3. The zero-order chi connectivity index (χ0) is 12.9. The molecule has 0 atom stereocenters. The van der Waals surface area contributed by atoms with E-state index in [-0.39, 0.29) is 12.5 Å². The van der Waals surface area contributed by atoms with E-state index >= 15 is 0 Å². The zero-order valence-electron chi connectivity index (χ0n) is 10.9. The summed E-state index contributed by atoms with van der Waals surface area (Å²) >= 11 is 0. The summed E-state index contributed by atoms with van der Waals surface area (Å²) in [5.41, 5.74) is -0.428. The number of ether oxygens (including phenoxy) is 1. The van der Waals surface area contributed by atoms with Crippen molar-refractivity contribution >= 4 is 5.97 Å². The van der Waals surface area contributed by atoms with Gasteiger partial charge in [-0.05, 0) is 20.8 Å². The largest absolute Gasteiger partial charge is 0.459 e. The molecule has 96 valence electrons. The third-order valence-electron chi connectivity index (χ3n) is 2.02. The average Bonchev–Trinajstić information content (AvgIpc) is 2.56. The fraction of sp³-hybridized carbons (Fsp3) is 0.727. The normalized spacial score (nSPS) is 11.5. The number of aryl methyl sites for hydroxylation is 1. The SMILES string of the molecule is Cn1cnnc1CCNCC(=O)OC(C)(C)C. The lowest BCUT2D eigenvalue weighted by molar-refractivity contribution is -0.153. The summed E-state index contributed by atoms with van der Waals surface area (Å²) in [6.07, 6.45) is 2.39. The molecule has 0 aliphatic heterocycles. The molecule has 6 nitrogen and oxygen atoms in total. The first-order valence-electron chi connectivity index (χ1n) is 5.64. The molecule has 0 radical (unpaired) electrons. The van der Waals surface area contributed by atoms with E-state index in [4.69, 9.17) is 4.74 Å². The lowest BCUT2D eigenvalue weighted by atomic mass is 10.2. The Balaban J connectivity index is 2.17. The lowest BCUT2D eigenvalue weighted by Crippen LogP contribution is -2.32. The Bertz CT molecular complexity index is 368. The Morgan fingerprint density at radius 2 is 2.24 bits per heavy atom. The minimum absolute atomic E-state index is 0.217. The molecular weight excluding hydrogens is 220 g/mol.